The van der Waals surface area contributed by atoms with Crippen LogP contribution in [0.3, 0.4) is 0 Å². The van der Waals surface area contributed by atoms with Crippen LogP contribution in [0.25, 0.3) is 0 Å². The van der Waals surface area contributed by atoms with Crippen LogP contribution in [-0.4, -0.2) is 88.2 Å². The smallest absolute Gasteiger partial charge is 0.0104 e. The van der Waals surface area contributed by atoms with E-state index in [0.717, 1.165) is 13.1 Å². The van der Waals surface area contributed by atoms with Crippen molar-refractivity contribution in [3.8, 4) is 0 Å². The second-order valence-corrected chi connectivity index (χ2v) is 6.78. The Bertz CT molecular complexity index is 179. The van der Waals surface area contributed by atoms with Crippen LogP contribution in [0, 0.1) is 0 Å². The number of nitrogens with zero attached hydrogens (tertiary/aromatic N) is 3. The number of likely N-dealkylation sites (N-methyl/N-ethyl adjacent to an activating group) is 1. The maximum atomic E-state index is 3.27. The van der Waals surface area contributed by atoms with Gasteiger partial charge in [-0.15, -0.1) is 0 Å². The van der Waals surface area contributed by atoms with Gasteiger partial charge in [0.15, 0.2) is 0 Å². The first-order valence-electron chi connectivity index (χ1n) is 8.95. The second-order valence-electron chi connectivity index (χ2n) is 6.78. The second kappa shape index (κ2) is 12.4. The Hall–Kier alpha value is -0.160. The lowest BCUT2D eigenvalue weighted by Crippen LogP contribution is -2.40. The molecule has 126 valence electrons. The van der Waals surface area contributed by atoms with E-state index in [1.54, 1.807) is 0 Å². The molecule has 0 aromatic rings. The Balaban J connectivity index is 0.000000157. The zero-order valence-corrected chi connectivity index (χ0v) is 14.7. The summed E-state index contributed by atoms with van der Waals surface area (Å²) >= 11 is 0. The van der Waals surface area contributed by atoms with Crippen LogP contribution in [0.2, 0.25) is 0 Å². The number of likely N-dealkylation sites (tertiary alicyclic amines) is 2. The van der Waals surface area contributed by atoms with E-state index in [2.05, 4.69) is 41.2 Å². The molecule has 3 fully saturated rings. The number of hydrogen-bond acceptors (Lipinski definition) is 4. The van der Waals surface area contributed by atoms with E-state index in [1.807, 2.05) is 0 Å². The molecule has 0 radical (unpaired) electrons. The van der Waals surface area contributed by atoms with E-state index in [-0.39, 0.29) is 0 Å². The molecule has 0 spiro atoms. The summed E-state index contributed by atoms with van der Waals surface area (Å²) in [6.07, 6.45) is 8.55. The fourth-order valence-electron chi connectivity index (χ4n) is 2.88. The topological polar surface area (TPSA) is 21.8 Å². The zero-order chi connectivity index (χ0) is 15.3. The highest BCUT2D eigenvalue weighted by molar-refractivity contribution is 4.62. The molecule has 0 aromatic heterocycles. The SMILES string of the molecule is CN1CCCCC1.CN1CCCCC1.CN1CCNCC1. The van der Waals surface area contributed by atoms with Crippen molar-refractivity contribution in [2.75, 3.05) is 73.5 Å². The third kappa shape index (κ3) is 11.1. The first-order chi connectivity index (χ1) is 10.2. The molecular weight excluding hydrogens is 260 g/mol. The molecule has 0 amide bonds. The van der Waals surface area contributed by atoms with Crippen molar-refractivity contribution in [3.63, 3.8) is 0 Å². The maximum absolute atomic E-state index is 3.27. The number of nitrogens with one attached hydrogen (secondary N) is 1. The molecule has 0 atom stereocenters. The van der Waals surface area contributed by atoms with E-state index >= 15 is 0 Å². The lowest BCUT2D eigenvalue weighted by Gasteiger charge is -2.21. The first kappa shape index (κ1) is 18.9. The van der Waals surface area contributed by atoms with Crippen molar-refractivity contribution in [1.82, 2.24) is 20.0 Å². The standard InChI is InChI=1S/2C6H13N.C5H12N2/c2*1-7-5-3-2-4-6-7;1-7-4-2-6-3-5-7/h2*2-6H2,1H3;6H,2-5H2,1H3. The molecule has 3 saturated heterocycles. The van der Waals surface area contributed by atoms with Gasteiger partial charge in [0, 0.05) is 26.2 Å². The molecule has 4 heteroatoms. The average molecular weight is 299 g/mol. The van der Waals surface area contributed by atoms with Crippen LogP contribution in [0.1, 0.15) is 38.5 Å². The number of piperazine rings is 1. The van der Waals surface area contributed by atoms with Gasteiger partial charge in [-0.2, -0.15) is 0 Å². The minimum Gasteiger partial charge on any atom is -0.314 e. The van der Waals surface area contributed by atoms with Crippen molar-refractivity contribution >= 4 is 0 Å². The summed E-state index contributed by atoms with van der Waals surface area (Å²) in [5.41, 5.74) is 0. The van der Waals surface area contributed by atoms with Crippen molar-refractivity contribution in [3.05, 3.63) is 0 Å². The van der Waals surface area contributed by atoms with Crippen molar-refractivity contribution in [2.24, 2.45) is 0 Å². The minimum absolute atomic E-state index is 1.16. The third-order valence-corrected chi connectivity index (χ3v) is 4.50. The quantitative estimate of drug-likeness (QED) is 0.735. The summed E-state index contributed by atoms with van der Waals surface area (Å²) in [7, 11) is 6.54. The van der Waals surface area contributed by atoms with Crippen molar-refractivity contribution < 1.29 is 0 Å². The van der Waals surface area contributed by atoms with Crippen molar-refractivity contribution in [1.29, 1.82) is 0 Å². The Kier molecular flexibility index (Phi) is 11.1. The van der Waals surface area contributed by atoms with Gasteiger partial charge in [-0.1, -0.05) is 12.8 Å². The van der Waals surface area contributed by atoms with Crippen molar-refractivity contribution in [2.45, 2.75) is 38.5 Å². The molecule has 1 N–H and O–H groups in total. The molecule has 3 aliphatic rings. The van der Waals surface area contributed by atoms with Crippen LogP contribution in [0.5, 0.6) is 0 Å². The lowest BCUT2D eigenvalue weighted by molar-refractivity contribution is 0.277. The van der Waals surface area contributed by atoms with Crippen LogP contribution >= 0.6 is 0 Å². The van der Waals surface area contributed by atoms with Crippen LogP contribution in [0.4, 0.5) is 0 Å². The Morgan fingerprint density at radius 3 is 1.00 bits per heavy atom. The largest absolute Gasteiger partial charge is 0.314 e. The fraction of sp³-hybridized carbons (Fsp3) is 1.00. The van der Waals surface area contributed by atoms with Gasteiger partial charge in [0.05, 0.1) is 0 Å². The lowest BCUT2D eigenvalue weighted by atomic mass is 10.1. The summed E-state index contributed by atoms with van der Waals surface area (Å²) in [4.78, 5) is 7.11. The number of piperidine rings is 2. The van der Waals surface area contributed by atoms with E-state index < -0.39 is 0 Å². The van der Waals surface area contributed by atoms with E-state index in [0.29, 0.717) is 0 Å². The van der Waals surface area contributed by atoms with Gasteiger partial charge in [0.25, 0.3) is 0 Å². The zero-order valence-electron chi connectivity index (χ0n) is 14.7. The van der Waals surface area contributed by atoms with Gasteiger partial charge in [0.2, 0.25) is 0 Å². The third-order valence-electron chi connectivity index (χ3n) is 4.50. The molecule has 3 heterocycles. The normalized spacial score (nSPS) is 25.3. The van der Waals surface area contributed by atoms with Gasteiger partial charge in [-0.3, -0.25) is 0 Å². The molecule has 0 aromatic carbocycles. The highest BCUT2D eigenvalue weighted by Gasteiger charge is 2.03. The minimum atomic E-state index is 1.16. The summed E-state index contributed by atoms with van der Waals surface area (Å²) in [6.45, 7) is 10.0. The van der Waals surface area contributed by atoms with E-state index in [9.17, 15) is 0 Å². The van der Waals surface area contributed by atoms with Crippen LogP contribution in [-0.2, 0) is 0 Å². The van der Waals surface area contributed by atoms with Gasteiger partial charge in [-0.25, -0.2) is 0 Å². The van der Waals surface area contributed by atoms with Gasteiger partial charge in [-0.05, 0) is 73.0 Å². The predicted molar refractivity (Wildman–Crippen MR) is 93.1 cm³/mol. The van der Waals surface area contributed by atoms with Crippen LogP contribution < -0.4 is 5.32 Å². The molecule has 0 aliphatic carbocycles. The van der Waals surface area contributed by atoms with Gasteiger partial charge >= 0.3 is 0 Å². The summed E-state index contributed by atoms with van der Waals surface area (Å²) in [5, 5.41) is 3.27. The Morgan fingerprint density at radius 2 is 0.810 bits per heavy atom. The number of hydrogen-bond donors (Lipinski definition) is 1. The summed E-state index contributed by atoms with van der Waals surface area (Å²) in [6, 6.07) is 0. The van der Waals surface area contributed by atoms with Gasteiger partial charge < -0.3 is 20.0 Å². The molecule has 21 heavy (non-hydrogen) atoms. The highest BCUT2D eigenvalue weighted by atomic mass is 15.2. The highest BCUT2D eigenvalue weighted by Crippen LogP contribution is 2.05. The fourth-order valence-corrected chi connectivity index (χ4v) is 2.88. The molecular formula is C17H38N4. The van der Waals surface area contributed by atoms with Crippen LogP contribution in [0.15, 0.2) is 0 Å². The molecule has 0 saturated carbocycles. The summed E-state index contributed by atoms with van der Waals surface area (Å²) in [5.74, 6) is 0. The molecule has 3 rings (SSSR count). The molecule has 0 bridgehead atoms. The average Bonchev–Trinajstić information content (AvgIpc) is 2.51. The Morgan fingerprint density at radius 1 is 0.476 bits per heavy atom. The molecule has 3 aliphatic heterocycles. The summed E-state index contributed by atoms with van der Waals surface area (Å²) < 4.78 is 0. The Labute approximate surface area is 132 Å². The number of rotatable bonds is 0. The predicted octanol–water partition coefficient (Wildman–Crippen LogP) is 1.73. The van der Waals surface area contributed by atoms with E-state index in [4.69, 9.17) is 0 Å². The monoisotopic (exact) mass is 298 g/mol. The van der Waals surface area contributed by atoms with Gasteiger partial charge in [0.1, 0.15) is 0 Å². The first-order valence-corrected chi connectivity index (χ1v) is 8.95. The maximum Gasteiger partial charge on any atom is 0.0104 e. The molecule has 0 unspecified atom stereocenters. The molecule has 4 nitrogen and oxygen atoms in total. The van der Waals surface area contributed by atoms with E-state index in [1.165, 1.54) is 77.8 Å².